The van der Waals surface area contributed by atoms with Gasteiger partial charge in [-0.25, -0.2) is 0 Å². The summed E-state index contributed by atoms with van der Waals surface area (Å²) in [5.41, 5.74) is 0.877. The van der Waals surface area contributed by atoms with Crippen LogP contribution in [-0.2, 0) is 4.79 Å². The van der Waals surface area contributed by atoms with E-state index in [1.54, 1.807) is 22.9 Å². The Morgan fingerprint density at radius 1 is 1.60 bits per heavy atom. The van der Waals surface area contributed by atoms with Crippen LogP contribution in [0.4, 0.5) is 0 Å². The summed E-state index contributed by atoms with van der Waals surface area (Å²) in [7, 11) is 0. The van der Waals surface area contributed by atoms with Crippen molar-refractivity contribution in [3.8, 4) is 0 Å². The lowest BCUT2D eigenvalue weighted by atomic mass is 10.3. The molecule has 2 rings (SSSR count). The number of thioether (sulfide) groups is 1. The minimum Gasteiger partial charge on any atom is -0.395 e. The Hall–Kier alpha value is -1.07. The molecule has 5 heteroatoms. The molecule has 80 valence electrons. The number of rotatable bonds is 3. The first-order valence-electron chi connectivity index (χ1n) is 4.76. The second kappa shape index (κ2) is 4.63. The Morgan fingerprint density at radius 2 is 2.47 bits per heavy atom. The van der Waals surface area contributed by atoms with Gasteiger partial charge in [-0.15, -0.1) is 11.8 Å². The molecule has 4 nitrogen and oxygen atoms in total. The van der Waals surface area contributed by atoms with Gasteiger partial charge in [0.15, 0.2) is 0 Å². The van der Waals surface area contributed by atoms with Crippen molar-refractivity contribution in [2.24, 2.45) is 0 Å². The van der Waals surface area contributed by atoms with Gasteiger partial charge in [0.2, 0.25) is 5.91 Å². The van der Waals surface area contributed by atoms with Crippen LogP contribution in [0.15, 0.2) is 24.4 Å². The van der Waals surface area contributed by atoms with E-state index in [4.69, 9.17) is 5.11 Å². The lowest BCUT2D eigenvalue weighted by Crippen LogP contribution is -2.31. The monoisotopic (exact) mass is 224 g/mol. The Labute approximate surface area is 92.3 Å². The lowest BCUT2D eigenvalue weighted by molar-refractivity contribution is -0.128. The maximum absolute atomic E-state index is 11.5. The summed E-state index contributed by atoms with van der Waals surface area (Å²) in [4.78, 5) is 17.4. The number of pyridine rings is 1. The molecule has 1 aliphatic rings. The second-order valence-electron chi connectivity index (χ2n) is 3.23. The maximum atomic E-state index is 11.5. The van der Waals surface area contributed by atoms with Gasteiger partial charge in [0.05, 0.1) is 18.1 Å². The van der Waals surface area contributed by atoms with Crippen molar-refractivity contribution < 1.29 is 9.90 Å². The number of carbonyl (C=O) groups is 1. The van der Waals surface area contributed by atoms with Gasteiger partial charge in [0.1, 0.15) is 5.37 Å². The zero-order valence-corrected chi connectivity index (χ0v) is 8.98. The van der Waals surface area contributed by atoms with Crippen molar-refractivity contribution in [3.05, 3.63) is 30.1 Å². The van der Waals surface area contributed by atoms with Crippen LogP contribution in [0, 0.1) is 0 Å². The minimum atomic E-state index is -0.0363. The van der Waals surface area contributed by atoms with Gasteiger partial charge < -0.3 is 10.0 Å². The van der Waals surface area contributed by atoms with Crippen LogP contribution >= 0.6 is 11.8 Å². The highest BCUT2D eigenvalue weighted by atomic mass is 32.2. The van der Waals surface area contributed by atoms with E-state index >= 15 is 0 Å². The van der Waals surface area contributed by atoms with Crippen molar-refractivity contribution in [1.29, 1.82) is 0 Å². The molecule has 0 radical (unpaired) electrons. The summed E-state index contributed by atoms with van der Waals surface area (Å²) >= 11 is 1.55. The first-order chi connectivity index (χ1) is 7.33. The van der Waals surface area contributed by atoms with Gasteiger partial charge >= 0.3 is 0 Å². The molecular formula is C10H12N2O2S. The molecular weight excluding hydrogens is 212 g/mol. The number of aliphatic hydroxyl groups excluding tert-OH is 1. The van der Waals surface area contributed by atoms with Gasteiger partial charge in [0, 0.05) is 12.7 Å². The zero-order chi connectivity index (χ0) is 10.7. The molecule has 2 heterocycles. The van der Waals surface area contributed by atoms with Crippen molar-refractivity contribution >= 4 is 17.7 Å². The normalized spacial score (nSPS) is 21.0. The smallest absolute Gasteiger partial charge is 0.233 e. The Balaban J connectivity index is 2.18. The van der Waals surface area contributed by atoms with Crippen LogP contribution in [0.25, 0.3) is 0 Å². The van der Waals surface area contributed by atoms with Crippen molar-refractivity contribution in [2.45, 2.75) is 5.37 Å². The summed E-state index contributed by atoms with van der Waals surface area (Å²) in [6, 6.07) is 5.66. The van der Waals surface area contributed by atoms with E-state index in [-0.39, 0.29) is 17.9 Å². The largest absolute Gasteiger partial charge is 0.395 e. The highest BCUT2D eigenvalue weighted by Crippen LogP contribution is 2.36. The fraction of sp³-hybridized carbons (Fsp3) is 0.400. The number of aliphatic hydroxyl groups is 1. The van der Waals surface area contributed by atoms with Crippen LogP contribution in [-0.4, -0.2) is 39.8 Å². The first-order valence-corrected chi connectivity index (χ1v) is 5.80. The van der Waals surface area contributed by atoms with E-state index < -0.39 is 0 Å². The molecule has 0 aromatic carbocycles. The topological polar surface area (TPSA) is 53.4 Å². The van der Waals surface area contributed by atoms with E-state index in [1.165, 1.54) is 0 Å². The zero-order valence-electron chi connectivity index (χ0n) is 8.17. The molecule has 1 aliphatic heterocycles. The third kappa shape index (κ3) is 2.13. The van der Waals surface area contributed by atoms with E-state index in [2.05, 4.69) is 4.98 Å². The van der Waals surface area contributed by atoms with Crippen LogP contribution < -0.4 is 0 Å². The molecule has 1 N–H and O–H groups in total. The molecule has 1 saturated heterocycles. The van der Waals surface area contributed by atoms with Crippen LogP contribution in [0.1, 0.15) is 11.1 Å². The molecule has 1 unspecified atom stereocenters. The van der Waals surface area contributed by atoms with Gasteiger partial charge in [-0.2, -0.15) is 0 Å². The highest BCUT2D eigenvalue weighted by Gasteiger charge is 2.32. The molecule has 0 saturated carbocycles. The van der Waals surface area contributed by atoms with Crippen LogP contribution in [0.2, 0.25) is 0 Å². The van der Waals surface area contributed by atoms with E-state index in [0.717, 1.165) is 5.69 Å². The Bertz CT molecular complexity index is 345. The van der Waals surface area contributed by atoms with E-state index in [0.29, 0.717) is 12.3 Å². The van der Waals surface area contributed by atoms with Gasteiger partial charge in [-0.05, 0) is 12.1 Å². The third-order valence-corrected chi connectivity index (χ3v) is 3.48. The minimum absolute atomic E-state index is 0.00433. The predicted octanol–water partition coefficient (Wildman–Crippen LogP) is 0.648. The molecule has 1 atom stereocenters. The SMILES string of the molecule is O=C1CSC(c2ccccn2)N1CCO. The number of hydrogen-bond donors (Lipinski definition) is 1. The Morgan fingerprint density at radius 3 is 3.13 bits per heavy atom. The number of amides is 1. The maximum Gasteiger partial charge on any atom is 0.233 e. The average Bonchev–Trinajstić information content (AvgIpc) is 2.63. The van der Waals surface area contributed by atoms with E-state index in [9.17, 15) is 4.79 Å². The average molecular weight is 224 g/mol. The fourth-order valence-corrected chi connectivity index (χ4v) is 2.75. The standard InChI is InChI=1S/C10H12N2O2S/c13-6-5-12-9(14)7-15-10(12)8-3-1-2-4-11-8/h1-4,10,13H,5-7H2. The first kappa shape index (κ1) is 10.4. The van der Waals surface area contributed by atoms with Crippen LogP contribution in [0.5, 0.6) is 0 Å². The van der Waals surface area contributed by atoms with Gasteiger partial charge in [0.25, 0.3) is 0 Å². The van der Waals surface area contributed by atoms with Gasteiger partial charge in [-0.1, -0.05) is 6.07 Å². The summed E-state index contributed by atoms with van der Waals surface area (Å²) < 4.78 is 0. The molecule has 1 fully saturated rings. The summed E-state index contributed by atoms with van der Waals surface area (Å²) in [6.07, 6.45) is 1.72. The highest BCUT2D eigenvalue weighted by molar-refractivity contribution is 8.00. The molecule has 0 spiro atoms. The van der Waals surface area contributed by atoms with Crippen LogP contribution in [0.3, 0.4) is 0 Å². The van der Waals surface area contributed by atoms with Crippen molar-refractivity contribution in [3.63, 3.8) is 0 Å². The molecule has 1 aromatic heterocycles. The molecule has 0 aliphatic carbocycles. The second-order valence-corrected chi connectivity index (χ2v) is 4.30. The fourth-order valence-electron chi connectivity index (χ4n) is 1.57. The quantitative estimate of drug-likeness (QED) is 0.819. The lowest BCUT2D eigenvalue weighted by Gasteiger charge is -2.22. The number of carbonyl (C=O) groups excluding carboxylic acids is 1. The third-order valence-electron chi connectivity index (χ3n) is 2.25. The number of nitrogens with zero attached hydrogens (tertiary/aromatic N) is 2. The number of β-amino-alcohol motifs (C(OH)–C–C–N with tert-alkyl or cyclic N) is 1. The van der Waals surface area contributed by atoms with Crippen molar-refractivity contribution in [2.75, 3.05) is 18.9 Å². The van der Waals surface area contributed by atoms with Gasteiger partial charge in [-0.3, -0.25) is 9.78 Å². The Kier molecular flexibility index (Phi) is 3.23. The number of aromatic nitrogens is 1. The van der Waals surface area contributed by atoms with E-state index in [1.807, 2.05) is 18.2 Å². The summed E-state index contributed by atoms with van der Waals surface area (Å²) in [5, 5.41) is 8.85. The summed E-state index contributed by atoms with van der Waals surface area (Å²) in [6.45, 7) is 0.378. The number of hydrogen-bond acceptors (Lipinski definition) is 4. The molecule has 15 heavy (non-hydrogen) atoms. The van der Waals surface area contributed by atoms with Crippen molar-refractivity contribution in [1.82, 2.24) is 9.88 Å². The molecule has 1 aromatic rings. The molecule has 1 amide bonds. The molecule has 0 bridgehead atoms. The predicted molar refractivity (Wildman–Crippen MR) is 58.2 cm³/mol. The summed E-state index contributed by atoms with van der Waals surface area (Å²) in [5.74, 6) is 0.547.